The third-order valence-corrected chi connectivity index (χ3v) is 5.01. The van der Waals surface area contributed by atoms with E-state index in [1.54, 1.807) is 47.1 Å². The second-order valence-corrected chi connectivity index (χ2v) is 7.17. The zero-order chi connectivity index (χ0) is 22.2. The van der Waals surface area contributed by atoms with Crippen LogP contribution in [0.5, 0.6) is 11.5 Å². The minimum Gasteiger partial charge on any atom is -0.493 e. The van der Waals surface area contributed by atoms with E-state index in [0.29, 0.717) is 43.0 Å². The Kier molecular flexibility index (Phi) is 7.27. The molecule has 3 rings (SSSR count). The smallest absolute Gasteiger partial charge is 0.254 e. The highest BCUT2D eigenvalue weighted by Crippen LogP contribution is 2.28. The first-order chi connectivity index (χ1) is 15.0. The van der Waals surface area contributed by atoms with E-state index >= 15 is 0 Å². The molecular formula is C22H25N5O4. The minimum atomic E-state index is -0.145. The van der Waals surface area contributed by atoms with E-state index in [9.17, 15) is 9.59 Å². The van der Waals surface area contributed by atoms with E-state index in [2.05, 4.69) is 10.4 Å². The molecule has 0 atom stereocenters. The van der Waals surface area contributed by atoms with Gasteiger partial charge >= 0.3 is 0 Å². The third kappa shape index (κ3) is 5.85. The van der Waals surface area contributed by atoms with Gasteiger partial charge in [0.1, 0.15) is 6.07 Å². The molecule has 0 radical (unpaired) electrons. The van der Waals surface area contributed by atoms with Gasteiger partial charge in [0.25, 0.3) is 5.91 Å². The van der Waals surface area contributed by atoms with Crippen molar-refractivity contribution in [3.63, 3.8) is 0 Å². The third-order valence-electron chi connectivity index (χ3n) is 5.01. The lowest BCUT2D eigenvalue weighted by Gasteiger charge is -2.31. The molecule has 31 heavy (non-hydrogen) atoms. The van der Waals surface area contributed by atoms with Crippen LogP contribution in [0.25, 0.3) is 6.08 Å². The van der Waals surface area contributed by atoms with Gasteiger partial charge < -0.3 is 19.7 Å². The highest BCUT2D eigenvalue weighted by Gasteiger charge is 2.23. The number of carbonyl (C=O) groups excluding carboxylic acids is 2. The second kappa shape index (κ2) is 10.3. The largest absolute Gasteiger partial charge is 0.493 e. The zero-order valence-electron chi connectivity index (χ0n) is 17.6. The number of hydrogen-bond acceptors (Lipinski definition) is 6. The van der Waals surface area contributed by atoms with Gasteiger partial charge in [-0.1, -0.05) is 6.07 Å². The van der Waals surface area contributed by atoms with Crippen molar-refractivity contribution in [2.24, 2.45) is 7.05 Å². The number of nitrogens with one attached hydrogen (secondary N) is 1. The van der Waals surface area contributed by atoms with Crippen LogP contribution in [0.15, 0.2) is 36.7 Å². The summed E-state index contributed by atoms with van der Waals surface area (Å²) in [7, 11) is 3.28. The van der Waals surface area contributed by atoms with E-state index < -0.39 is 0 Å². The number of nitriles is 1. The van der Waals surface area contributed by atoms with Crippen LogP contribution in [-0.2, 0) is 11.8 Å². The maximum absolute atomic E-state index is 12.5. The number of rotatable bonds is 7. The van der Waals surface area contributed by atoms with Crippen LogP contribution in [0.2, 0.25) is 0 Å². The number of methoxy groups -OCH3 is 1. The van der Waals surface area contributed by atoms with Crippen molar-refractivity contribution >= 4 is 17.9 Å². The fourth-order valence-electron chi connectivity index (χ4n) is 3.34. The number of benzene rings is 1. The predicted molar refractivity (Wildman–Crippen MR) is 113 cm³/mol. The van der Waals surface area contributed by atoms with Gasteiger partial charge in [-0.3, -0.25) is 14.3 Å². The lowest BCUT2D eigenvalue weighted by Crippen LogP contribution is -2.46. The summed E-state index contributed by atoms with van der Waals surface area (Å²) in [6.07, 6.45) is 7.86. The Bertz CT molecular complexity index is 1000. The molecule has 9 nitrogen and oxygen atoms in total. The molecule has 2 amide bonds. The Balaban J connectivity index is 1.51. The highest BCUT2D eigenvalue weighted by atomic mass is 16.5. The molecule has 0 saturated carbocycles. The standard InChI is InChI=1S/C22H25N5O4/c1-26-15-17(14-24-26)22(29)25-18-7-10-27(11-8-18)21(28)6-4-16-3-5-19(31-12-9-23)20(13-16)30-2/h3-6,13-15,18H,7-8,10-12H2,1-2H3,(H,25,29)/b6-4+. The van der Waals surface area contributed by atoms with E-state index in [0.717, 1.165) is 5.56 Å². The molecule has 1 aliphatic heterocycles. The Labute approximate surface area is 180 Å². The Morgan fingerprint density at radius 2 is 2.10 bits per heavy atom. The first-order valence-electron chi connectivity index (χ1n) is 9.94. The topological polar surface area (TPSA) is 109 Å². The van der Waals surface area contributed by atoms with Crippen molar-refractivity contribution < 1.29 is 19.1 Å². The number of hydrogen-bond donors (Lipinski definition) is 1. The lowest BCUT2D eigenvalue weighted by molar-refractivity contribution is -0.126. The minimum absolute atomic E-state index is 0.0333. The van der Waals surface area contributed by atoms with Gasteiger partial charge in [0.05, 0.1) is 18.9 Å². The highest BCUT2D eigenvalue weighted by molar-refractivity contribution is 5.94. The monoisotopic (exact) mass is 423 g/mol. The lowest BCUT2D eigenvalue weighted by atomic mass is 10.0. The summed E-state index contributed by atoms with van der Waals surface area (Å²) < 4.78 is 12.2. The Hall–Kier alpha value is -3.80. The number of ether oxygens (including phenoxy) is 2. The van der Waals surface area contributed by atoms with Crippen molar-refractivity contribution in [1.29, 1.82) is 5.26 Å². The molecule has 9 heteroatoms. The van der Waals surface area contributed by atoms with Crippen LogP contribution in [-0.4, -0.2) is 59.3 Å². The summed E-state index contributed by atoms with van der Waals surface area (Å²) in [6, 6.07) is 7.19. The van der Waals surface area contributed by atoms with Gasteiger partial charge in [-0.05, 0) is 36.6 Å². The Morgan fingerprint density at radius 3 is 2.74 bits per heavy atom. The van der Waals surface area contributed by atoms with Crippen LogP contribution in [0.3, 0.4) is 0 Å². The molecular weight excluding hydrogens is 398 g/mol. The molecule has 0 spiro atoms. The average Bonchev–Trinajstić information content (AvgIpc) is 3.23. The second-order valence-electron chi connectivity index (χ2n) is 7.17. The van der Waals surface area contributed by atoms with E-state index in [4.69, 9.17) is 14.7 Å². The number of aryl methyl sites for hydroxylation is 1. The van der Waals surface area contributed by atoms with Gasteiger partial charge in [0, 0.05) is 38.5 Å². The SMILES string of the molecule is COc1cc(/C=C/C(=O)N2CCC(NC(=O)c3cnn(C)c3)CC2)ccc1OCC#N. The number of aromatic nitrogens is 2. The quantitative estimate of drug-likeness (QED) is 0.680. The summed E-state index contributed by atoms with van der Waals surface area (Å²) in [6.45, 7) is 1.08. The summed E-state index contributed by atoms with van der Waals surface area (Å²) >= 11 is 0. The molecule has 1 saturated heterocycles. The number of carbonyl (C=O) groups is 2. The normalized spacial score (nSPS) is 14.3. The summed E-state index contributed by atoms with van der Waals surface area (Å²) in [4.78, 5) is 26.5. The van der Waals surface area contributed by atoms with Crippen LogP contribution >= 0.6 is 0 Å². The number of likely N-dealkylation sites (tertiary alicyclic amines) is 1. The summed E-state index contributed by atoms with van der Waals surface area (Å²) in [5.74, 6) is 0.743. The molecule has 0 aliphatic carbocycles. The van der Waals surface area contributed by atoms with Crippen LogP contribution in [0.1, 0.15) is 28.8 Å². The van der Waals surface area contributed by atoms with Crippen molar-refractivity contribution in [3.8, 4) is 17.6 Å². The van der Waals surface area contributed by atoms with Crippen molar-refractivity contribution in [2.45, 2.75) is 18.9 Å². The van der Waals surface area contributed by atoms with Crippen LogP contribution in [0.4, 0.5) is 0 Å². The van der Waals surface area contributed by atoms with E-state index in [-0.39, 0.29) is 24.5 Å². The molecule has 0 bridgehead atoms. The zero-order valence-corrected chi connectivity index (χ0v) is 17.6. The van der Waals surface area contributed by atoms with Crippen LogP contribution in [0, 0.1) is 11.3 Å². The van der Waals surface area contributed by atoms with Gasteiger partial charge in [-0.2, -0.15) is 10.4 Å². The fraction of sp³-hybridized carbons (Fsp3) is 0.364. The van der Waals surface area contributed by atoms with Gasteiger partial charge in [0.15, 0.2) is 18.1 Å². The first-order valence-corrected chi connectivity index (χ1v) is 9.94. The molecule has 0 unspecified atom stereocenters. The van der Waals surface area contributed by atoms with Gasteiger partial charge in [0.2, 0.25) is 5.91 Å². The average molecular weight is 423 g/mol. The molecule has 162 valence electrons. The molecule has 2 aromatic rings. The maximum atomic E-state index is 12.5. The van der Waals surface area contributed by atoms with Crippen LogP contribution < -0.4 is 14.8 Å². The number of piperidine rings is 1. The fourth-order valence-corrected chi connectivity index (χ4v) is 3.34. The summed E-state index contributed by atoms with van der Waals surface area (Å²) in [5, 5.41) is 15.6. The molecule has 1 aliphatic rings. The maximum Gasteiger partial charge on any atom is 0.254 e. The predicted octanol–water partition coefficient (Wildman–Crippen LogP) is 1.77. The molecule has 1 aromatic heterocycles. The van der Waals surface area contributed by atoms with E-state index in [1.165, 1.54) is 19.4 Å². The van der Waals surface area contributed by atoms with Crippen molar-refractivity contribution in [3.05, 3.63) is 47.8 Å². The number of nitrogens with zero attached hydrogens (tertiary/aromatic N) is 4. The molecule has 1 aromatic carbocycles. The molecule has 1 N–H and O–H groups in total. The van der Waals surface area contributed by atoms with E-state index in [1.807, 2.05) is 6.07 Å². The summed E-state index contributed by atoms with van der Waals surface area (Å²) in [5.41, 5.74) is 1.32. The van der Waals surface area contributed by atoms with Crippen molar-refractivity contribution in [1.82, 2.24) is 20.0 Å². The van der Waals surface area contributed by atoms with Gasteiger partial charge in [-0.25, -0.2) is 0 Å². The number of amides is 2. The Morgan fingerprint density at radius 1 is 1.32 bits per heavy atom. The first kappa shape index (κ1) is 21.9. The van der Waals surface area contributed by atoms with Crippen molar-refractivity contribution in [2.75, 3.05) is 26.8 Å². The molecule has 1 fully saturated rings. The molecule has 2 heterocycles. The van der Waals surface area contributed by atoms with Gasteiger partial charge in [-0.15, -0.1) is 0 Å².